The lowest BCUT2D eigenvalue weighted by molar-refractivity contribution is 0.436. The molecule has 1 aromatic heterocycles. The van der Waals surface area contributed by atoms with E-state index in [-0.39, 0.29) is 17.5 Å². The summed E-state index contributed by atoms with van der Waals surface area (Å²) in [6.45, 7) is 2.66. The summed E-state index contributed by atoms with van der Waals surface area (Å²) in [6.07, 6.45) is 3.50. The molecule has 0 aliphatic rings. The van der Waals surface area contributed by atoms with Gasteiger partial charge in [0.15, 0.2) is 0 Å². The largest absolute Gasteiger partial charge is 0.508 e. The van der Waals surface area contributed by atoms with Gasteiger partial charge >= 0.3 is 0 Å². The van der Waals surface area contributed by atoms with Gasteiger partial charge in [0.05, 0.1) is 0 Å². The number of rotatable bonds is 4. The summed E-state index contributed by atoms with van der Waals surface area (Å²) in [5, 5.41) is 22.3. The van der Waals surface area contributed by atoms with Crippen LogP contribution in [0.1, 0.15) is 24.1 Å². The third-order valence-electron chi connectivity index (χ3n) is 2.84. The van der Waals surface area contributed by atoms with Crippen molar-refractivity contribution in [2.75, 3.05) is 0 Å². The van der Waals surface area contributed by atoms with E-state index in [1.807, 2.05) is 19.1 Å². The lowest BCUT2D eigenvalue weighted by Gasteiger charge is -2.15. The molecule has 0 bridgehead atoms. The molecule has 0 spiro atoms. The number of hydrogen-bond acceptors (Lipinski definition) is 4. The number of nitrogens with one attached hydrogen (secondary N) is 1. The first-order chi connectivity index (χ1) is 8.66. The van der Waals surface area contributed by atoms with Crippen molar-refractivity contribution in [3.63, 3.8) is 0 Å². The molecule has 2 rings (SSSR count). The number of aromatic nitrogens is 1. The van der Waals surface area contributed by atoms with Crippen molar-refractivity contribution in [3.8, 4) is 11.5 Å². The summed E-state index contributed by atoms with van der Waals surface area (Å²) in [4.78, 5) is 3.96. The van der Waals surface area contributed by atoms with Gasteiger partial charge < -0.3 is 15.5 Å². The van der Waals surface area contributed by atoms with Gasteiger partial charge in [-0.3, -0.25) is 4.98 Å². The lowest BCUT2D eigenvalue weighted by Crippen LogP contribution is -2.18. The van der Waals surface area contributed by atoms with Crippen LogP contribution in [-0.4, -0.2) is 15.2 Å². The summed E-state index contributed by atoms with van der Waals surface area (Å²) in [5.41, 5.74) is 1.90. The summed E-state index contributed by atoms with van der Waals surface area (Å²) in [5.74, 6) is 0.169. The minimum absolute atomic E-state index is 0.00114. The van der Waals surface area contributed by atoms with E-state index in [1.165, 1.54) is 6.07 Å². The van der Waals surface area contributed by atoms with Crippen LogP contribution in [0.25, 0.3) is 0 Å². The maximum atomic E-state index is 9.75. The van der Waals surface area contributed by atoms with Crippen molar-refractivity contribution < 1.29 is 10.2 Å². The fraction of sp³-hybridized carbons (Fsp3) is 0.214. The quantitative estimate of drug-likeness (QED) is 0.772. The number of phenolic OH excluding ortho intramolecular Hbond substituents is 2. The van der Waals surface area contributed by atoms with E-state index in [0.717, 1.165) is 11.1 Å². The molecule has 0 fully saturated rings. The molecule has 0 aliphatic carbocycles. The molecule has 0 aliphatic heterocycles. The number of pyridine rings is 1. The molecule has 18 heavy (non-hydrogen) atoms. The van der Waals surface area contributed by atoms with E-state index >= 15 is 0 Å². The Balaban J connectivity index is 2.01. The summed E-state index contributed by atoms with van der Waals surface area (Å²) < 4.78 is 0. The predicted molar refractivity (Wildman–Crippen MR) is 69.3 cm³/mol. The van der Waals surface area contributed by atoms with E-state index in [0.29, 0.717) is 6.54 Å². The van der Waals surface area contributed by atoms with Gasteiger partial charge in [0.1, 0.15) is 11.5 Å². The predicted octanol–water partition coefficient (Wildman–Crippen LogP) is 2.34. The van der Waals surface area contributed by atoms with Crippen molar-refractivity contribution >= 4 is 0 Å². The molecule has 0 radical (unpaired) electrons. The molecule has 0 saturated carbocycles. The molecule has 2 aromatic rings. The minimum Gasteiger partial charge on any atom is -0.508 e. The second kappa shape index (κ2) is 5.51. The van der Waals surface area contributed by atoms with Gasteiger partial charge in [-0.1, -0.05) is 6.07 Å². The first-order valence-corrected chi connectivity index (χ1v) is 5.81. The monoisotopic (exact) mass is 244 g/mol. The number of hydrogen-bond donors (Lipinski definition) is 3. The van der Waals surface area contributed by atoms with Crippen molar-refractivity contribution in [2.24, 2.45) is 0 Å². The Kier molecular flexibility index (Phi) is 3.79. The molecular weight excluding hydrogens is 228 g/mol. The molecule has 3 N–H and O–H groups in total. The highest BCUT2D eigenvalue weighted by molar-refractivity contribution is 5.40. The van der Waals surface area contributed by atoms with Crippen LogP contribution in [0.5, 0.6) is 11.5 Å². The summed E-state index contributed by atoms with van der Waals surface area (Å²) in [7, 11) is 0. The number of aromatic hydroxyl groups is 2. The van der Waals surface area contributed by atoms with Crippen LogP contribution in [0.3, 0.4) is 0 Å². The van der Waals surface area contributed by atoms with Crippen LogP contribution >= 0.6 is 0 Å². The average Bonchev–Trinajstić information content (AvgIpc) is 2.37. The van der Waals surface area contributed by atoms with E-state index in [4.69, 9.17) is 0 Å². The summed E-state index contributed by atoms with van der Waals surface area (Å²) >= 11 is 0. The molecule has 1 atom stereocenters. The van der Waals surface area contributed by atoms with Crippen molar-refractivity contribution in [1.29, 1.82) is 0 Å². The minimum atomic E-state index is -0.00114. The number of nitrogens with zero attached hydrogens (tertiary/aromatic N) is 1. The maximum Gasteiger partial charge on any atom is 0.124 e. The SMILES string of the molecule is CC(NCc1ccncc1)c1ccc(O)cc1O. The van der Waals surface area contributed by atoms with Crippen molar-refractivity contribution in [2.45, 2.75) is 19.5 Å². The van der Waals surface area contributed by atoms with Gasteiger partial charge in [0, 0.05) is 36.6 Å². The standard InChI is InChI=1S/C14H16N2O2/c1-10(13-3-2-12(17)8-14(13)18)16-9-11-4-6-15-7-5-11/h2-8,10,16-18H,9H2,1H3. The summed E-state index contributed by atoms with van der Waals surface area (Å²) in [6, 6.07) is 8.51. The second-order valence-electron chi connectivity index (χ2n) is 4.20. The number of benzene rings is 1. The van der Waals surface area contributed by atoms with Gasteiger partial charge in [0.2, 0.25) is 0 Å². The van der Waals surface area contributed by atoms with Gasteiger partial charge in [-0.15, -0.1) is 0 Å². The Morgan fingerprint density at radius 2 is 1.89 bits per heavy atom. The van der Waals surface area contributed by atoms with Crippen LogP contribution in [-0.2, 0) is 6.54 Å². The van der Waals surface area contributed by atoms with Crippen molar-refractivity contribution in [1.82, 2.24) is 10.3 Å². The maximum absolute atomic E-state index is 9.75. The first kappa shape index (κ1) is 12.4. The topological polar surface area (TPSA) is 65.4 Å². The first-order valence-electron chi connectivity index (χ1n) is 5.81. The number of phenols is 2. The van der Waals surface area contributed by atoms with Crippen LogP contribution in [0.2, 0.25) is 0 Å². The van der Waals surface area contributed by atoms with Crippen LogP contribution in [0.15, 0.2) is 42.7 Å². The molecule has 1 heterocycles. The van der Waals surface area contributed by atoms with E-state index in [2.05, 4.69) is 10.3 Å². The lowest BCUT2D eigenvalue weighted by atomic mass is 10.1. The second-order valence-corrected chi connectivity index (χ2v) is 4.20. The van der Waals surface area contributed by atoms with E-state index in [9.17, 15) is 10.2 Å². The molecule has 4 nitrogen and oxygen atoms in total. The molecular formula is C14H16N2O2. The zero-order valence-electron chi connectivity index (χ0n) is 10.2. The fourth-order valence-electron chi connectivity index (χ4n) is 1.78. The van der Waals surface area contributed by atoms with Crippen LogP contribution < -0.4 is 5.32 Å². The fourth-order valence-corrected chi connectivity index (χ4v) is 1.78. The highest BCUT2D eigenvalue weighted by Gasteiger charge is 2.10. The van der Waals surface area contributed by atoms with Crippen molar-refractivity contribution in [3.05, 3.63) is 53.9 Å². The third kappa shape index (κ3) is 2.99. The Labute approximate surface area is 106 Å². The Morgan fingerprint density at radius 3 is 2.56 bits per heavy atom. The van der Waals surface area contributed by atoms with Gasteiger partial charge in [-0.25, -0.2) is 0 Å². The zero-order valence-corrected chi connectivity index (χ0v) is 10.2. The van der Waals surface area contributed by atoms with E-state index < -0.39 is 0 Å². The van der Waals surface area contributed by atoms with E-state index in [1.54, 1.807) is 24.5 Å². The zero-order chi connectivity index (χ0) is 13.0. The smallest absolute Gasteiger partial charge is 0.124 e. The molecule has 4 heteroatoms. The van der Waals surface area contributed by atoms with Gasteiger partial charge in [-0.2, -0.15) is 0 Å². The molecule has 94 valence electrons. The van der Waals surface area contributed by atoms with Gasteiger partial charge in [-0.05, 0) is 30.7 Å². The normalized spacial score (nSPS) is 12.3. The molecule has 1 aromatic carbocycles. The Morgan fingerprint density at radius 1 is 1.17 bits per heavy atom. The van der Waals surface area contributed by atoms with Crippen LogP contribution in [0.4, 0.5) is 0 Å². The Hall–Kier alpha value is -2.07. The molecule has 0 amide bonds. The van der Waals surface area contributed by atoms with Crippen LogP contribution in [0, 0.1) is 0 Å². The molecule has 1 unspecified atom stereocenters. The molecule has 0 saturated heterocycles. The third-order valence-corrected chi connectivity index (χ3v) is 2.84. The highest BCUT2D eigenvalue weighted by atomic mass is 16.3. The van der Waals surface area contributed by atoms with Gasteiger partial charge in [0.25, 0.3) is 0 Å². The average molecular weight is 244 g/mol. The Bertz CT molecular complexity index is 514. The highest BCUT2D eigenvalue weighted by Crippen LogP contribution is 2.27.